The SMILES string of the molecule is O=S(=O)(Nc1cccc(F)n1)c1ccc2c(c1)CC[C@@H]2c1ccc(C(F)(F)F)cc1-c1ccc(F)cc1F. The summed E-state index contributed by atoms with van der Waals surface area (Å²) in [6.45, 7) is 0. The first kappa shape index (κ1) is 25.8. The number of sulfonamides is 1. The zero-order chi connectivity index (χ0) is 27.2. The molecule has 1 aliphatic carbocycles. The molecule has 5 rings (SSSR count). The van der Waals surface area contributed by atoms with E-state index >= 15 is 0 Å². The summed E-state index contributed by atoms with van der Waals surface area (Å²) in [4.78, 5) is 3.40. The largest absolute Gasteiger partial charge is 0.416 e. The van der Waals surface area contributed by atoms with Gasteiger partial charge in [0.25, 0.3) is 10.0 Å². The van der Waals surface area contributed by atoms with Crippen LogP contribution >= 0.6 is 0 Å². The summed E-state index contributed by atoms with van der Waals surface area (Å²) in [6, 6.07) is 13.7. The van der Waals surface area contributed by atoms with Gasteiger partial charge in [-0.05, 0) is 83.6 Å². The van der Waals surface area contributed by atoms with E-state index in [1.165, 1.54) is 30.3 Å². The number of aromatic nitrogens is 1. The van der Waals surface area contributed by atoms with Crippen LogP contribution in [0.15, 0.2) is 77.7 Å². The minimum Gasteiger partial charge on any atom is -0.263 e. The van der Waals surface area contributed by atoms with Crippen LogP contribution in [0.4, 0.5) is 32.2 Å². The van der Waals surface area contributed by atoms with Crippen molar-refractivity contribution < 1.29 is 34.8 Å². The maximum atomic E-state index is 14.7. The molecule has 196 valence electrons. The molecule has 38 heavy (non-hydrogen) atoms. The number of nitrogens with one attached hydrogen (secondary N) is 1. The van der Waals surface area contributed by atoms with Crippen LogP contribution in [0.5, 0.6) is 0 Å². The van der Waals surface area contributed by atoms with Crippen LogP contribution in [-0.2, 0) is 22.6 Å². The van der Waals surface area contributed by atoms with Gasteiger partial charge in [-0.1, -0.05) is 18.2 Å². The molecule has 0 spiro atoms. The lowest BCUT2D eigenvalue weighted by Gasteiger charge is -2.20. The van der Waals surface area contributed by atoms with Crippen LogP contribution in [0, 0.1) is 17.6 Å². The second-order valence-corrected chi connectivity index (χ2v) is 10.5. The number of hydrogen-bond acceptors (Lipinski definition) is 3. The number of hydrogen-bond donors (Lipinski definition) is 1. The fraction of sp³-hybridized carbons (Fsp3) is 0.148. The maximum absolute atomic E-state index is 14.7. The summed E-state index contributed by atoms with van der Waals surface area (Å²) in [7, 11) is -4.11. The molecule has 0 saturated carbocycles. The molecule has 0 fully saturated rings. The number of nitrogens with zero attached hydrogens (tertiary/aromatic N) is 1. The quantitative estimate of drug-likeness (QED) is 0.215. The minimum atomic E-state index is -4.68. The number of benzene rings is 3. The van der Waals surface area contributed by atoms with Gasteiger partial charge in [0.05, 0.1) is 10.5 Å². The van der Waals surface area contributed by atoms with E-state index in [1.807, 2.05) is 0 Å². The van der Waals surface area contributed by atoms with Gasteiger partial charge in [0.1, 0.15) is 17.5 Å². The van der Waals surface area contributed by atoms with Gasteiger partial charge >= 0.3 is 6.18 Å². The Morgan fingerprint density at radius 2 is 1.61 bits per heavy atom. The lowest BCUT2D eigenvalue weighted by Crippen LogP contribution is -2.14. The average molecular weight is 549 g/mol. The fourth-order valence-electron chi connectivity index (χ4n) is 4.72. The summed E-state index contributed by atoms with van der Waals surface area (Å²) in [5.41, 5.74) is 0.557. The molecular weight excluding hydrogens is 530 g/mol. The van der Waals surface area contributed by atoms with E-state index in [1.54, 1.807) is 6.07 Å². The van der Waals surface area contributed by atoms with Crippen LogP contribution in [0.25, 0.3) is 11.1 Å². The second kappa shape index (κ2) is 9.46. The van der Waals surface area contributed by atoms with Crippen LogP contribution < -0.4 is 4.72 Å². The van der Waals surface area contributed by atoms with E-state index in [9.17, 15) is 34.8 Å². The van der Waals surface area contributed by atoms with Crippen LogP contribution in [0.1, 0.15) is 34.6 Å². The Morgan fingerprint density at radius 1 is 0.842 bits per heavy atom. The third kappa shape index (κ3) is 4.98. The molecule has 1 atom stereocenters. The van der Waals surface area contributed by atoms with Crippen molar-refractivity contribution in [2.45, 2.75) is 29.8 Å². The standard InChI is InChI=1S/C27H18F6N2O2S/c28-17-6-10-22(24(29)14-17)23-13-16(27(31,32)33)5-9-21(23)20-8-4-15-12-18(7-11-19(15)20)38(36,37)35-26-3-1-2-25(30)34-26/h1-3,5-7,9-14,20H,4,8H2,(H,34,35)/t20-/m0/s1. The van der Waals surface area contributed by atoms with Crippen molar-refractivity contribution in [3.63, 3.8) is 0 Å². The monoisotopic (exact) mass is 548 g/mol. The first-order valence-corrected chi connectivity index (χ1v) is 12.9. The number of aryl methyl sites for hydroxylation is 1. The molecule has 3 aromatic carbocycles. The lowest BCUT2D eigenvalue weighted by atomic mass is 9.85. The van der Waals surface area contributed by atoms with E-state index in [0.717, 1.165) is 30.3 Å². The molecule has 0 aliphatic heterocycles. The van der Waals surface area contributed by atoms with Crippen LogP contribution in [0.3, 0.4) is 0 Å². The molecule has 0 radical (unpaired) electrons. The molecule has 1 heterocycles. The van der Waals surface area contributed by atoms with Crippen molar-refractivity contribution in [1.29, 1.82) is 0 Å². The second-order valence-electron chi connectivity index (χ2n) is 8.83. The highest BCUT2D eigenvalue weighted by Gasteiger charge is 2.34. The maximum Gasteiger partial charge on any atom is 0.416 e. The van der Waals surface area contributed by atoms with E-state index in [2.05, 4.69) is 9.71 Å². The summed E-state index contributed by atoms with van der Waals surface area (Å²) < 4.78 is 110. The van der Waals surface area contributed by atoms with E-state index in [4.69, 9.17) is 0 Å². The van der Waals surface area contributed by atoms with E-state index in [-0.39, 0.29) is 21.8 Å². The predicted octanol–water partition coefficient (Wildman–Crippen LogP) is 7.06. The van der Waals surface area contributed by atoms with Crippen molar-refractivity contribution in [1.82, 2.24) is 4.98 Å². The minimum absolute atomic E-state index is 0.0225. The zero-order valence-corrected chi connectivity index (χ0v) is 20.2. The number of rotatable bonds is 5. The topological polar surface area (TPSA) is 59.1 Å². The molecule has 4 nitrogen and oxygen atoms in total. The van der Waals surface area contributed by atoms with Gasteiger partial charge in [0, 0.05) is 17.5 Å². The van der Waals surface area contributed by atoms with Crippen molar-refractivity contribution in [3.05, 3.63) is 113 Å². The first-order chi connectivity index (χ1) is 17.9. The lowest BCUT2D eigenvalue weighted by molar-refractivity contribution is -0.137. The summed E-state index contributed by atoms with van der Waals surface area (Å²) >= 11 is 0. The van der Waals surface area contributed by atoms with Gasteiger partial charge in [-0.15, -0.1) is 0 Å². The van der Waals surface area contributed by atoms with Gasteiger partial charge < -0.3 is 0 Å². The van der Waals surface area contributed by atoms with Gasteiger partial charge in [0.2, 0.25) is 5.95 Å². The Hall–Kier alpha value is -3.86. The van der Waals surface area contributed by atoms with Crippen LogP contribution in [0.2, 0.25) is 0 Å². The Labute approximate surface area is 214 Å². The zero-order valence-electron chi connectivity index (χ0n) is 19.4. The Kier molecular flexibility index (Phi) is 6.42. The number of fused-ring (bicyclic) bond motifs is 1. The highest BCUT2D eigenvalue weighted by Crippen LogP contribution is 2.45. The van der Waals surface area contributed by atoms with Gasteiger partial charge in [-0.3, -0.25) is 4.72 Å². The highest BCUT2D eigenvalue weighted by molar-refractivity contribution is 7.92. The van der Waals surface area contributed by atoms with Crippen molar-refractivity contribution in [2.24, 2.45) is 0 Å². The first-order valence-electron chi connectivity index (χ1n) is 11.4. The Bertz CT molecular complexity index is 1650. The molecule has 1 N–H and O–H groups in total. The van der Waals surface area contributed by atoms with Crippen molar-refractivity contribution in [3.8, 4) is 11.1 Å². The number of alkyl halides is 3. The van der Waals surface area contributed by atoms with Crippen LogP contribution in [-0.4, -0.2) is 13.4 Å². The molecule has 0 unspecified atom stereocenters. The molecule has 1 aromatic heterocycles. The molecule has 0 amide bonds. The third-order valence-corrected chi connectivity index (χ3v) is 7.79. The number of anilines is 1. The summed E-state index contributed by atoms with van der Waals surface area (Å²) in [5, 5.41) is 0. The Balaban J connectivity index is 1.54. The average Bonchev–Trinajstić information content (AvgIpc) is 3.26. The Morgan fingerprint density at radius 3 is 2.32 bits per heavy atom. The molecule has 4 aromatic rings. The van der Waals surface area contributed by atoms with E-state index < -0.39 is 45.3 Å². The molecule has 11 heteroatoms. The van der Waals surface area contributed by atoms with Gasteiger partial charge in [0.15, 0.2) is 0 Å². The summed E-state index contributed by atoms with van der Waals surface area (Å²) in [6.07, 6.45) is -3.84. The smallest absolute Gasteiger partial charge is 0.263 e. The molecule has 0 saturated heterocycles. The highest BCUT2D eigenvalue weighted by atomic mass is 32.2. The van der Waals surface area contributed by atoms with Gasteiger partial charge in [-0.25, -0.2) is 22.2 Å². The summed E-state index contributed by atoms with van der Waals surface area (Å²) in [5.74, 6) is -3.36. The van der Waals surface area contributed by atoms with E-state index in [0.29, 0.717) is 35.6 Å². The van der Waals surface area contributed by atoms with Crippen molar-refractivity contribution in [2.75, 3.05) is 4.72 Å². The fourth-order valence-corrected chi connectivity index (χ4v) is 5.77. The normalized spacial score (nSPS) is 15.4. The predicted molar refractivity (Wildman–Crippen MR) is 128 cm³/mol. The molecule has 1 aliphatic rings. The van der Waals surface area contributed by atoms with Crippen molar-refractivity contribution >= 4 is 15.8 Å². The van der Waals surface area contributed by atoms with Gasteiger partial charge in [-0.2, -0.15) is 17.6 Å². The third-order valence-electron chi connectivity index (χ3n) is 6.43. The molecular formula is C27H18F6N2O2S. The number of pyridine rings is 1. The number of halogens is 6. The molecule has 0 bridgehead atoms.